The molecule has 1 amide bonds. The number of rotatable bonds is 4. The molecule has 1 aromatic carbocycles. The highest BCUT2D eigenvalue weighted by Gasteiger charge is 2.11. The number of carbonyl (C=O) groups excluding carboxylic acids is 1. The predicted octanol–water partition coefficient (Wildman–Crippen LogP) is 3.57. The monoisotopic (exact) mass is 322 g/mol. The summed E-state index contributed by atoms with van der Waals surface area (Å²) in [6.45, 7) is 1.87. The number of H-pyrrole nitrogens is 1. The highest BCUT2D eigenvalue weighted by molar-refractivity contribution is 6.02. The van der Waals surface area contributed by atoms with Crippen molar-refractivity contribution in [1.82, 2.24) is 15.2 Å². The van der Waals surface area contributed by atoms with Gasteiger partial charge < -0.3 is 5.32 Å². The van der Waals surface area contributed by atoms with Gasteiger partial charge in [-0.05, 0) is 42.8 Å². The molecule has 2 heterocycles. The van der Waals surface area contributed by atoms with Crippen LogP contribution in [0.25, 0.3) is 17.3 Å². The number of amides is 1. The first-order valence-corrected chi connectivity index (χ1v) is 7.33. The minimum atomic E-state index is -0.313. The molecule has 0 aliphatic rings. The average molecular weight is 322 g/mol. The summed E-state index contributed by atoms with van der Waals surface area (Å²) in [4.78, 5) is 16.0. The largest absolute Gasteiger partial charge is 0.305 e. The molecule has 0 fully saturated rings. The molecule has 0 aliphatic heterocycles. The van der Waals surface area contributed by atoms with Gasteiger partial charge in [0.05, 0.1) is 5.69 Å². The van der Waals surface area contributed by atoms with Gasteiger partial charge in [0.1, 0.15) is 5.82 Å². The van der Waals surface area contributed by atoms with Gasteiger partial charge in [-0.25, -0.2) is 4.39 Å². The van der Waals surface area contributed by atoms with Crippen LogP contribution in [-0.4, -0.2) is 21.1 Å². The van der Waals surface area contributed by atoms with Gasteiger partial charge in [-0.2, -0.15) is 5.10 Å². The quantitative estimate of drug-likeness (QED) is 0.721. The third-order valence-corrected chi connectivity index (χ3v) is 3.52. The standard InChI is InChI=1S/C18H15FN4O/c1-12-17(14-8-10-20-11-9-14)22-23-18(12)21-16(24)7-4-13-2-5-15(19)6-3-13/h2-11H,1H3,(H2,21,22,23,24). The Morgan fingerprint density at radius 1 is 1.17 bits per heavy atom. The van der Waals surface area contributed by atoms with Gasteiger partial charge in [-0.3, -0.25) is 14.9 Å². The Morgan fingerprint density at radius 3 is 2.58 bits per heavy atom. The summed E-state index contributed by atoms with van der Waals surface area (Å²) in [6.07, 6.45) is 6.38. The maximum Gasteiger partial charge on any atom is 0.249 e. The Bertz CT molecular complexity index is 870. The minimum Gasteiger partial charge on any atom is -0.305 e. The first-order chi connectivity index (χ1) is 11.6. The number of halogens is 1. The lowest BCUT2D eigenvalue weighted by Crippen LogP contribution is -2.09. The molecule has 3 rings (SSSR count). The van der Waals surface area contributed by atoms with Crippen LogP contribution in [0.15, 0.2) is 54.9 Å². The number of carbonyl (C=O) groups is 1. The van der Waals surface area contributed by atoms with Gasteiger partial charge >= 0.3 is 0 Å². The second-order valence-corrected chi connectivity index (χ2v) is 5.18. The molecule has 120 valence electrons. The Balaban J connectivity index is 1.71. The Hall–Kier alpha value is -3.28. The Kier molecular flexibility index (Phi) is 4.47. The average Bonchev–Trinajstić information content (AvgIpc) is 2.96. The zero-order valence-electron chi connectivity index (χ0n) is 13.0. The molecule has 0 atom stereocenters. The molecule has 0 saturated heterocycles. The number of pyridine rings is 1. The van der Waals surface area contributed by atoms with Crippen LogP contribution in [0.5, 0.6) is 0 Å². The van der Waals surface area contributed by atoms with E-state index in [1.807, 2.05) is 19.1 Å². The topological polar surface area (TPSA) is 70.7 Å². The highest BCUT2D eigenvalue weighted by Crippen LogP contribution is 2.25. The second-order valence-electron chi connectivity index (χ2n) is 5.18. The second kappa shape index (κ2) is 6.87. The maximum absolute atomic E-state index is 12.8. The molecule has 0 aliphatic carbocycles. The van der Waals surface area contributed by atoms with Crippen LogP contribution in [0.3, 0.4) is 0 Å². The summed E-state index contributed by atoms with van der Waals surface area (Å²) in [5.74, 6) is -0.154. The number of aromatic nitrogens is 3. The van der Waals surface area contributed by atoms with E-state index in [0.29, 0.717) is 5.82 Å². The number of benzene rings is 1. The number of nitrogens with zero attached hydrogens (tertiary/aromatic N) is 2. The van der Waals surface area contributed by atoms with Crippen LogP contribution in [0.4, 0.5) is 10.2 Å². The zero-order chi connectivity index (χ0) is 16.9. The van der Waals surface area contributed by atoms with Crippen molar-refractivity contribution in [1.29, 1.82) is 0 Å². The molecular weight excluding hydrogens is 307 g/mol. The Morgan fingerprint density at radius 2 is 1.88 bits per heavy atom. The third-order valence-electron chi connectivity index (χ3n) is 3.52. The molecule has 3 aromatic rings. The van der Waals surface area contributed by atoms with Crippen molar-refractivity contribution < 1.29 is 9.18 Å². The lowest BCUT2D eigenvalue weighted by molar-refractivity contribution is -0.111. The first kappa shape index (κ1) is 15.6. The summed E-state index contributed by atoms with van der Waals surface area (Å²) in [6, 6.07) is 9.61. The molecule has 0 radical (unpaired) electrons. The van der Waals surface area contributed by atoms with Crippen molar-refractivity contribution in [3.05, 3.63) is 71.8 Å². The number of aromatic amines is 1. The molecule has 0 saturated carbocycles. The summed E-state index contributed by atoms with van der Waals surface area (Å²) in [5.41, 5.74) is 3.35. The molecule has 0 bridgehead atoms. The normalized spacial score (nSPS) is 10.9. The lowest BCUT2D eigenvalue weighted by Gasteiger charge is -2.01. The predicted molar refractivity (Wildman–Crippen MR) is 90.6 cm³/mol. The van der Waals surface area contributed by atoms with Gasteiger partial charge in [-0.1, -0.05) is 12.1 Å². The van der Waals surface area contributed by atoms with E-state index in [2.05, 4.69) is 20.5 Å². The third kappa shape index (κ3) is 3.55. The minimum absolute atomic E-state index is 0.310. The van der Waals surface area contributed by atoms with E-state index in [0.717, 1.165) is 22.4 Å². The van der Waals surface area contributed by atoms with Gasteiger partial charge in [0.2, 0.25) is 5.91 Å². The van der Waals surface area contributed by atoms with E-state index in [9.17, 15) is 9.18 Å². The highest BCUT2D eigenvalue weighted by atomic mass is 19.1. The van der Waals surface area contributed by atoms with Crippen molar-refractivity contribution in [2.24, 2.45) is 0 Å². The van der Waals surface area contributed by atoms with Crippen LogP contribution in [0, 0.1) is 12.7 Å². The molecule has 0 unspecified atom stereocenters. The van der Waals surface area contributed by atoms with Gasteiger partial charge in [0, 0.05) is 29.6 Å². The molecular formula is C18H15FN4O. The first-order valence-electron chi connectivity index (χ1n) is 7.33. The van der Waals surface area contributed by atoms with Crippen LogP contribution in [0.1, 0.15) is 11.1 Å². The van der Waals surface area contributed by atoms with E-state index in [1.165, 1.54) is 18.2 Å². The van der Waals surface area contributed by atoms with Gasteiger partial charge in [0.25, 0.3) is 0 Å². The van der Waals surface area contributed by atoms with E-state index in [4.69, 9.17) is 0 Å². The molecule has 2 N–H and O–H groups in total. The molecule has 6 heteroatoms. The molecule has 5 nitrogen and oxygen atoms in total. The van der Waals surface area contributed by atoms with E-state index in [1.54, 1.807) is 30.6 Å². The lowest BCUT2D eigenvalue weighted by atomic mass is 10.1. The number of hydrogen-bond acceptors (Lipinski definition) is 3. The number of nitrogens with one attached hydrogen (secondary N) is 2. The SMILES string of the molecule is Cc1c(NC(=O)C=Cc2ccc(F)cc2)n[nH]c1-c1ccncc1. The summed E-state index contributed by atoms with van der Waals surface area (Å²) >= 11 is 0. The van der Waals surface area contributed by atoms with Crippen molar-refractivity contribution in [2.45, 2.75) is 6.92 Å². The van der Waals surface area contributed by atoms with E-state index >= 15 is 0 Å². The molecule has 0 spiro atoms. The summed E-state index contributed by atoms with van der Waals surface area (Å²) < 4.78 is 12.8. The fourth-order valence-electron chi connectivity index (χ4n) is 2.22. The van der Waals surface area contributed by atoms with Crippen molar-refractivity contribution in [3.63, 3.8) is 0 Å². The van der Waals surface area contributed by atoms with Gasteiger partial charge in [-0.15, -0.1) is 0 Å². The maximum atomic E-state index is 12.8. The summed E-state index contributed by atoms with van der Waals surface area (Å²) in [7, 11) is 0. The van der Waals surface area contributed by atoms with Crippen LogP contribution < -0.4 is 5.32 Å². The fourth-order valence-corrected chi connectivity index (χ4v) is 2.22. The number of hydrogen-bond donors (Lipinski definition) is 2. The summed E-state index contributed by atoms with van der Waals surface area (Å²) in [5, 5.41) is 9.78. The molecule has 24 heavy (non-hydrogen) atoms. The van der Waals surface area contributed by atoms with Crippen LogP contribution in [-0.2, 0) is 4.79 Å². The van der Waals surface area contributed by atoms with Crippen molar-refractivity contribution >= 4 is 17.8 Å². The van der Waals surface area contributed by atoms with E-state index < -0.39 is 0 Å². The fraction of sp³-hybridized carbons (Fsp3) is 0.0556. The molecule has 2 aromatic heterocycles. The van der Waals surface area contributed by atoms with Crippen LogP contribution in [0.2, 0.25) is 0 Å². The number of anilines is 1. The zero-order valence-corrected chi connectivity index (χ0v) is 13.0. The van der Waals surface area contributed by atoms with Crippen molar-refractivity contribution in [2.75, 3.05) is 5.32 Å². The van der Waals surface area contributed by atoms with Gasteiger partial charge in [0.15, 0.2) is 5.82 Å². The smallest absolute Gasteiger partial charge is 0.249 e. The van der Waals surface area contributed by atoms with Crippen molar-refractivity contribution in [3.8, 4) is 11.3 Å². The van der Waals surface area contributed by atoms with Crippen LogP contribution >= 0.6 is 0 Å². The van der Waals surface area contributed by atoms with E-state index in [-0.39, 0.29) is 11.7 Å². The Labute approximate surface area is 138 Å².